The number of aryl methyl sites for hydroxylation is 1. The highest BCUT2D eigenvalue weighted by Crippen LogP contribution is 2.35. The average Bonchev–Trinajstić information content (AvgIpc) is 2.92. The van der Waals surface area contributed by atoms with Gasteiger partial charge in [0.05, 0.1) is 23.0 Å². The van der Waals surface area contributed by atoms with Gasteiger partial charge in [-0.25, -0.2) is 9.48 Å². The molecule has 3 aromatic rings. The number of halogens is 3. The van der Waals surface area contributed by atoms with Crippen molar-refractivity contribution in [2.24, 2.45) is 0 Å². The van der Waals surface area contributed by atoms with Crippen LogP contribution in [0.5, 0.6) is 0 Å². The minimum atomic E-state index is -0.480. The first-order valence-corrected chi connectivity index (χ1v) is 9.45. The molecule has 0 unspecified atom stereocenters. The summed E-state index contributed by atoms with van der Waals surface area (Å²) in [5.74, 6) is -0.480. The molecule has 0 saturated heterocycles. The van der Waals surface area contributed by atoms with Crippen molar-refractivity contribution in [2.45, 2.75) is 20.8 Å². The lowest BCUT2D eigenvalue weighted by Crippen LogP contribution is -2.08. The molecule has 0 bridgehead atoms. The Morgan fingerprint density at radius 3 is 2.37 bits per heavy atom. The van der Waals surface area contributed by atoms with Crippen molar-refractivity contribution < 1.29 is 9.53 Å². The van der Waals surface area contributed by atoms with E-state index in [0.29, 0.717) is 26.3 Å². The zero-order valence-electron chi connectivity index (χ0n) is 15.0. The van der Waals surface area contributed by atoms with Gasteiger partial charge in [0.2, 0.25) is 0 Å². The molecule has 0 N–H and O–H groups in total. The van der Waals surface area contributed by atoms with Crippen LogP contribution in [0.1, 0.15) is 28.5 Å². The number of hydrogen-bond acceptors (Lipinski definition) is 3. The summed E-state index contributed by atoms with van der Waals surface area (Å²) >= 11 is 18.5. The number of carbonyl (C=O) groups excluding carboxylic acids is 1. The summed E-state index contributed by atoms with van der Waals surface area (Å²) in [6.07, 6.45) is 0. The van der Waals surface area contributed by atoms with Crippen LogP contribution >= 0.6 is 34.8 Å². The number of carbonyl (C=O) groups is 1. The van der Waals surface area contributed by atoms with Gasteiger partial charge in [-0.1, -0.05) is 40.9 Å². The predicted octanol–water partition coefficient (Wildman–Crippen LogP) is 6.29. The van der Waals surface area contributed by atoms with Gasteiger partial charge in [0.15, 0.2) is 5.69 Å². The van der Waals surface area contributed by atoms with Crippen molar-refractivity contribution in [3.8, 4) is 16.9 Å². The highest BCUT2D eigenvalue weighted by Gasteiger charge is 2.24. The maximum atomic E-state index is 12.4. The van der Waals surface area contributed by atoms with Gasteiger partial charge in [0.25, 0.3) is 0 Å². The fraction of sp³-hybridized carbons (Fsp3) is 0.200. The summed E-state index contributed by atoms with van der Waals surface area (Å²) in [5.41, 5.74) is 4.15. The van der Waals surface area contributed by atoms with Crippen LogP contribution in [0.2, 0.25) is 15.1 Å². The van der Waals surface area contributed by atoms with E-state index in [4.69, 9.17) is 39.5 Å². The van der Waals surface area contributed by atoms with Crippen LogP contribution in [-0.2, 0) is 4.74 Å². The van der Waals surface area contributed by atoms with Crippen LogP contribution in [0.4, 0.5) is 0 Å². The Labute approximate surface area is 172 Å². The molecule has 0 aliphatic rings. The Balaban J connectivity index is 2.31. The number of esters is 1. The first kappa shape index (κ1) is 19.7. The second-order valence-corrected chi connectivity index (χ2v) is 7.29. The third kappa shape index (κ3) is 3.84. The molecule has 0 atom stereocenters. The number of benzene rings is 2. The Kier molecular flexibility index (Phi) is 5.80. The van der Waals surface area contributed by atoms with E-state index in [2.05, 4.69) is 5.10 Å². The highest BCUT2D eigenvalue weighted by molar-refractivity contribution is 6.35. The molecule has 0 fully saturated rings. The lowest BCUT2D eigenvalue weighted by atomic mass is 10.0. The van der Waals surface area contributed by atoms with Crippen LogP contribution in [0.25, 0.3) is 16.9 Å². The normalized spacial score (nSPS) is 10.9. The maximum Gasteiger partial charge on any atom is 0.359 e. The molecule has 140 valence electrons. The number of aromatic nitrogens is 2. The molecule has 27 heavy (non-hydrogen) atoms. The molecule has 1 aromatic heterocycles. The first-order valence-electron chi connectivity index (χ1n) is 8.32. The molecule has 4 nitrogen and oxygen atoms in total. The molecule has 2 aromatic carbocycles. The molecular weight excluding hydrogens is 407 g/mol. The van der Waals surface area contributed by atoms with Gasteiger partial charge in [-0.05, 0) is 56.7 Å². The van der Waals surface area contributed by atoms with Crippen molar-refractivity contribution in [3.63, 3.8) is 0 Å². The summed E-state index contributed by atoms with van der Waals surface area (Å²) in [4.78, 5) is 12.4. The van der Waals surface area contributed by atoms with Gasteiger partial charge >= 0.3 is 5.97 Å². The summed E-state index contributed by atoms with van der Waals surface area (Å²) in [7, 11) is 0. The van der Waals surface area contributed by atoms with Crippen LogP contribution in [0.3, 0.4) is 0 Å². The van der Waals surface area contributed by atoms with Crippen molar-refractivity contribution in [2.75, 3.05) is 6.61 Å². The van der Waals surface area contributed by atoms with Gasteiger partial charge in [-0.15, -0.1) is 0 Å². The first-order chi connectivity index (χ1) is 12.8. The Morgan fingerprint density at radius 2 is 1.74 bits per heavy atom. The molecule has 0 spiro atoms. The summed E-state index contributed by atoms with van der Waals surface area (Å²) < 4.78 is 6.81. The maximum absolute atomic E-state index is 12.4. The van der Waals surface area contributed by atoms with E-state index in [1.807, 2.05) is 26.0 Å². The van der Waals surface area contributed by atoms with E-state index in [1.165, 1.54) is 0 Å². The van der Waals surface area contributed by atoms with Crippen LogP contribution in [0, 0.1) is 13.8 Å². The van der Waals surface area contributed by atoms with Crippen LogP contribution in [-0.4, -0.2) is 22.4 Å². The topological polar surface area (TPSA) is 44.1 Å². The van der Waals surface area contributed by atoms with E-state index in [0.717, 1.165) is 16.8 Å². The third-order valence-corrected chi connectivity index (χ3v) is 4.95. The number of rotatable bonds is 4. The summed E-state index contributed by atoms with van der Waals surface area (Å²) in [6, 6.07) is 10.7. The van der Waals surface area contributed by atoms with E-state index in [1.54, 1.807) is 35.9 Å². The second-order valence-electron chi connectivity index (χ2n) is 6.01. The lowest BCUT2D eigenvalue weighted by molar-refractivity contribution is 0.0518. The third-order valence-electron chi connectivity index (χ3n) is 4.17. The average molecular weight is 424 g/mol. The lowest BCUT2D eigenvalue weighted by Gasteiger charge is -2.13. The smallest absolute Gasteiger partial charge is 0.359 e. The van der Waals surface area contributed by atoms with Crippen LogP contribution in [0.15, 0.2) is 36.4 Å². The number of ether oxygens (including phenoxy) is 1. The van der Waals surface area contributed by atoms with E-state index < -0.39 is 5.97 Å². The highest BCUT2D eigenvalue weighted by atomic mass is 35.5. The van der Waals surface area contributed by atoms with Crippen molar-refractivity contribution in [1.82, 2.24) is 9.78 Å². The van der Waals surface area contributed by atoms with Gasteiger partial charge in [-0.2, -0.15) is 5.10 Å². The molecule has 0 saturated carbocycles. The number of hydrogen-bond donors (Lipinski definition) is 0. The van der Waals surface area contributed by atoms with Crippen molar-refractivity contribution in [1.29, 1.82) is 0 Å². The molecule has 0 aliphatic carbocycles. The standard InChI is InChI=1S/C20H17Cl3N2O2/c1-4-27-20(26)18-12(3)19(15-7-5-13(21)9-11(15)2)25(24-18)17-8-6-14(22)10-16(17)23/h5-10H,4H2,1-3H3. The Bertz CT molecular complexity index is 1030. The molecular formula is C20H17Cl3N2O2. The minimum absolute atomic E-state index is 0.243. The summed E-state index contributed by atoms with van der Waals surface area (Å²) in [6.45, 7) is 5.81. The molecule has 3 rings (SSSR count). The summed E-state index contributed by atoms with van der Waals surface area (Å²) in [5, 5.41) is 6.09. The zero-order valence-corrected chi connectivity index (χ0v) is 17.3. The SMILES string of the molecule is CCOC(=O)c1nn(-c2ccc(Cl)cc2Cl)c(-c2ccc(Cl)cc2C)c1C. The van der Waals surface area contributed by atoms with Gasteiger partial charge in [0.1, 0.15) is 0 Å². The van der Waals surface area contributed by atoms with Crippen LogP contribution < -0.4 is 0 Å². The minimum Gasteiger partial charge on any atom is -0.461 e. The van der Waals surface area contributed by atoms with E-state index >= 15 is 0 Å². The fourth-order valence-electron chi connectivity index (χ4n) is 2.93. The van der Waals surface area contributed by atoms with E-state index in [-0.39, 0.29) is 12.3 Å². The van der Waals surface area contributed by atoms with Gasteiger partial charge in [0, 0.05) is 21.2 Å². The molecule has 1 heterocycles. The van der Waals surface area contributed by atoms with E-state index in [9.17, 15) is 4.79 Å². The van der Waals surface area contributed by atoms with Crippen molar-refractivity contribution in [3.05, 3.63) is 68.3 Å². The second kappa shape index (κ2) is 7.93. The predicted molar refractivity (Wildman–Crippen MR) is 109 cm³/mol. The zero-order chi connectivity index (χ0) is 19.7. The molecule has 7 heteroatoms. The van der Waals surface area contributed by atoms with Crippen molar-refractivity contribution >= 4 is 40.8 Å². The number of nitrogens with zero attached hydrogens (tertiary/aromatic N) is 2. The van der Waals surface area contributed by atoms with Gasteiger partial charge < -0.3 is 4.74 Å². The molecule has 0 aliphatic heterocycles. The monoisotopic (exact) mass is 422 g/mol. The molecule has 0 radical (unpaired) electrons. The fourth-order valence-corrected chi connectivity index (χ4v) is 3.64. The Hall–Kier alpha value is -2.01. The Morgan fingerprint density at radius 1 is 1.07 bits per heavy atom. The molecule has 0 amide bonds. The van der Waals surface area contributed by atoms with Gasteiger partial charge in [-0.3, -0.25) is 0 Å². The quantitative estimate of drug-likeness (QED) is 0.463. The largest absolute Gasteiger partial charge is 0.461 e.